The standard InChI is InChI=1S/C14H23N5/c1-5-15-12(4)13-8-16-18(9-13)10-14-7-11(3)17-19(14)6-2/h7-9,12,15H,5-6,10H2,1-4H3. The second-order valence-corrected chi connectivity index (χ2v) is 4.84. The molecule has 0 spiro atoms. The van der Waals surface area contributed by atoms with E-state index in [2.05, 4.69) is 48.5 Å². The van der Waals surface area contributed by atoms with Gasteiger partial charge in [0.05, 0.1) is 24.1 Å². The lowest BCUT2D eigenvalue weighted by Crippen LogP contribution is -2.17. The summed E-state index contributed by atoms with van der Waals surface area (Å²) in [5.41, 5.74) is 3.48. The first-order chi connectivity index (χ1) is 9.13. The van der Waals surface area contributed by atoms with Gasteiger partial charge in [0.25, 0.3) is 0 Å². The number of rotatable bonds is 6. The molecule has 0 aliphatic rings. The molecule has 0 fully saturated rings. The normalized spacial score (nSPS) is 12.8. The molecule has 2 heterocycles. The van der Waals surface area contributed by atoms with E-state index in [1.54, 1.807) is 0 Å². The summed E-state index contributed by atoms with van der Waals surface area (Å²) < 4.78 is 4.01. The van der Waals surface area contributed by atoms with Crippen LogP contribution in [0.1, 0.15) is 43.8 Å². The second kappa shape index (κ2) is 6.02. The Hall–Kier alpha value is -1.62. The SMILES string of the molecule is CCNC(C)c1cnn(Cc2cc(C)nn2CC)c1. The Bertz CT molecular complexity index is 526. The molecule has 0 aliphatic heterocycles. The minimum Gasteiger partial charge on any atom is -0.310 e. The van der Waals surface area contributed by atoms with Gasteiger partial charge >= 0.3 is 0 Å². The molecular formula is C14H23N5. The molecule has 0 saturated carbocycles. The topological polar surface area (TPSA) is 47.7 Å². The first kappa shape index (κ1) is 13.8. The Kier molecular flexibility index (Phi) is 4.37. The molecule has 2 aromatic rings. The Labute approximate surface area is 114 Å². The maximum absolute atomic E-state index is 4.46. The minimum absolute atomic E-state index is 0.344. The highest BCUT2D eigenvalue weighted by Gasteiger charge is 2.09. The maximum Gasteiger partial charge on any atom is 0.0828 e. The average molecular weight is 261 g/mol. The van der Waals surface area contributed by atoms with Crippen molar-refractivity contribution in [1.29, 1.82) is 0 Å². The van der Waals surface area contributed by atoms with E-state index < -0.39 is 0 Å². The number of hydrogen-bond acceptors (Lipinski definition) is 3. The zero-order valence-electron chi connectivity index (χ0n) is 12.2. The lowest BCUT2D eigenvalue weighted by molar-refractivity contribution is 0.572. The minimum atomic E-state index is 0.344. The summed E-state index contributed by atoms with van der Waals surface area (Å²) in [6, 6.07) is 2.47. The molecule has 0 saturated heterocycles. The molecular weight excluding hydrogens is 238 g/mol. The van der Waals surface area contributed by atoms with E-state index in [4.69, 9.17) is 0 Å². The van der Waals surface area contributed by atoms with Crippen molar-refractivity contribution in [3.05, 3.63) is 35.4 Å². The van der Waals surface area contributed by atoms with Gasteiger partial charge in [-0.05, 0) is 33.4 Å². The first-order valence-electron chi connectivity index (χ1n) is 6.93. The number of aromatic nitrogens is 4. The molecule has 2 aromatic heterocycles. The van der Waals surface area contributed by atoms with Crippen LogP contribution in [0.15, 0.2) is 18.5 Å². The zero-order valence-corrected chi connectivity index (χ0v) is 12.2. The van der Waals surface area contributed by atoms with Gasteiger partial charge in [0.15, 0.2) is 0 Å². The highest BCUT2D eigenvalue weighted by Crippen LogP contribution is 2.12. The molecule has 0 aromatic carbocycles. The van der Waals surface area contributed by atoms with Crippen molar-refractivity contribution in [2.75, 3.05) is 6.54 Å². The zero-order chi connectivity index (χ0) is 13.8. The molecule has 5 heteroatoms. The van der Waals surface area contributed by atoms with E-state index in [0.717, 1.165) is 25.3 Å². The van der Waals surface area contributed by atoms with Crippen molar-refractivity contribution in [2.24, 2.45) is 0 Å². The number of aryl methyl sites for hydroxylation is 2. The monoisotopic (exact) mass is 261 g/mol. The summed E-state index contributed by atoms with van der Waals surface area (Å²) in [6.07, 6.45) is 4.04. The fourth-order valence-corrected chi connectivity index (χ4v) is 2.28. The summed E-state index contributed by atoms with van der Waals surface area (Å²) in [7, 11) is 0. The van der Waals surface area contributed by atoms with Crippen LogP contribution in [-0.2, 0) is 13.1 Å². The van der Waals surface area contributed by atoms with E-state index >= 15 is 0 Å². The van der Waals surface area contributed by atoms with Crippen molar-refractivity contribution in [3.8, 4) is 0 Å². The summed E-state index contributed by atoms with van der Waals surface area (Å²) in [5.74, 6) is 0. The number of nitrogens with zero attached hydrogens (tertiary/aromatic N) is 4. The van der Waals surface area contributed by atoms with Crippen molar-refractivity contribution in [3.63, 3.8) is 0 Å². The van der Waals surface area contributed by atoms with Crippen LogP contribution >= 0.6 is 0 Å². The van der Waals surface area contributed by atoms with Crippen molar-refractivity contribution >= 4 is 0 Å². The van der Waals surface area contributed by atoms with Gasteiger partial charge in [-0.15, -0.1) is 0 Å². The second-order valence-electron chi connectivity index (χ2n) is 4.84. The van der Waals surface area contributed by atoms with Crippen LogP contribution in [0.4, 0.5) is 0 Å². The smallest absolute Gasteiger partial charge is 0.0828 e. The van der Waals surface area contributed by atoms with Crippen molar-refractivity contribution < 1.29 is 0 Å². The number of nitrogens with one attached hydrogen (secondary N) is 1. The third kappa shape index (κ3) is 3.23. The molecule has 0 radical (unpaired) electrons. The molecule has 2 rings (SSSR count). The molecule has 0 aliphatic carbocycles. The fourth-order valence-electron chi connectivity index (χ4n) is 2.28. The van der Waals surface area contributed by atoms with Crippen LogP contribution in [0.2, 0.25) is 0 Å². The van der Waals surface area contributed by atoms with Gasteiger partial charge in [-0.2, -0.15) is 10.2 Å². The molecule has 0 bridgehead atoms. The third-order valence-electron chi connectivity index (χ3n) is 3.27. The van der Waals surface area contributed by atoms with Crippen molar-refractivity contribution in [2.45, 2.75) is 46.8 Å². The summed E-state index contributed by atoms with van der Waals surface area (Å²) >= 11 is 0. The van der Waals surface area contributed by atoms with Gasteiger partial charge in [0.2, 0.25) is 0 Å². The van der Waals surface area contributed by atoms with Crippen LogP contribution in [0.3, 0.4) is 0 Å². The Morgan fingerprint density at radius 2 is 2.16 bits per heavy atom. The third-order valence-corrected chi connectivity index (χ3v) is 3.27. The molecule has 0 amide bonds. The van der Waals surface area contributed by atoms with E-state index in [9.17, 15) is 0 Å². The van der Waals surface area contributed by atoms with Crippen LogP contribution in [0.5, 0.6) is 0 Å². The predicted octanol–water partition coefficient (Wildman–Crippen LogP) is 2.13. The van der Waals surface area contributed by atoms with Crippen molar-refractivity contribution in [1.82, 2.24) is 24.9 Å². The fraction of sp³-hybridized carbons (Fsp3) is 0.571. The summed E-state index contributed by atoms with van der Waals surface area (Å²) in [4.78, 5) is 0. The van der Waals surface area contributed by atoms with Gasteiger partial charge in [0.1, 0.15) is 0 Å². The van der Waals surface area contributed by atoms with Gasteiger partial charge < -0.3 is 5.32 Å². The Balaban J connectivity index is 2.11. The van der Waals surface area contributed by atoms with Gasteiger partial charge in [-0.25, -0.2) is 0 Å². The van der Waals surface area contributed by atoms with Crippen LogP contribution < -0.4 is 5.32 Å². The van der Waals surface area contributed by atoms with Gasteiger partial charge in [-0.3, -0.25) is 9.36 Å². The summed E-state index contributed by atoms with van der Waals surface area (Å²) in [5, 5.41) is 12.3. The molecule has 1 atom stereocenters. The Morgan fingerprint density at radius 1 is 1.37 bits per heavy atom. The highest BCUT2D eigenvalue weighted by atomic mass is 15.3. The first-order valence-corrected chi connectivity index (χ1v) is 6.93. The van der Waals surface area contributed by atoms with Crippen LogP contribution in [0.25, 0.3) is 0 Å². The van der Waals surface area contributed by atoms with E-state index in [-0.39, 0.29) is 0 Å². The van der Waals surface area contributed by atoms with Crippen LogP contribution in [0, 0.1) is 6.92 Å². The molecule has 19 heavy (non-hydrogen) atoms. The lowest BCUT2D eigenvalue weighted by Gasteiger charge is -2.09. The van der Waals surface area contributed by atoms with Gasteiger partial charge in [0, 0.05) is 24.3 Å². The van der Waals surface area contributed by atoms with E-state index in [1.807, 2.05) is 22.5 Å². The number of hydrogen-bond donors (Lipinski definition) is 1. The summed E-state index contributed by atoms with van der Waals surface area (Å²) in [6.45, 7) is 11.0. The van der Waals surface area contributed by atoms with E-state index in [0.29, 0.717) is 6.04 Å². The Morgan fingerprint density at radius 3 is 2.84 bits per heavy atom. The van der Waals surface area contributed by atoms with E-state index in [1.165, 1.54) is 11.3 Å². The molecule has 5 nitrogen and oxygen atoms in total. The van der Waals surface area contributed by atoms with Crippen LogP contribution in [-0.4, -0.2) is 26.1 Å². The quantitative estimate of drug-likeness (QED) is 0.866. The predicted molar refractivity (Wildman–Crippen MR) is 76.1 cm³/mol. The average Bonchev–Trinajstić information content (AvgIpc) is 2.97. The maximum atomic E-state index is 4.46. The van der Waals surface area contributed by atoms with Gasteiger partial charge in [-0.1, -0.05) is 6.92 Å². The lowest BCUT2D eigenvalue weighted by atomic mass is 10.2. The molecule has 104 valence electrons. The molecule has 1 N–H and O–H groups in total. The highest BCUT2D eigenvalue weighted by molar-refractivity contribution is 5.13. The molecule has 1 unspecified atom stereocenters. The largest absolute Gasteiger partial charge is 0.310 e.